The molecule has 6 aliphatic rings. The van der Waals surface area contributed by atoms with Crippen LogP contribution in [0.4, 0.5) is 0 Å². The SMILES string of the molecule is C=CC(=O)N1CC2(CC(n3nc(-c4ccc(C(=O)NCCOC)cc4)c(-c4c(Cl)c(C)cc5[nH]ncc45)c3C)C2)C1.C=CC(=O)N1CC2(CC(n3nc(-c4ccc(C(=O)NCCOC)cc4)c(-c4c(Cl)c(C)cc5[nH]ncc45)c3C)C2)C1.COCCNC(=O)c1ccc(-c2nn(C3CC4(CNC4)C3)c(C)c2-c2c(Cl)c(C)cc3[nH]ncc23)cc1. The van der Waals surface area contributed by atoms with Crippen molar-refractivity contribution in [1.29, 1.82) is 0 Å². The first kappa shape index (κ1) is 81.6. The molecule has 7 N–H and O–H groups in total. The van der Waals surface area contributed by atoms with Crippen LogP contribution < -0.4 is 21.3 Å². The number of likely N-dealkylation sites (tertiary alicyclic amines) is 2. The number of nitrogens with one attached hydrogen (secondary N) is 7. The fourth-order valence-electron chi connectivity index (χ4n) is 18.6. The van der Waals surface area contributed by atoms with Crippen LogP contribution in [-0.4, -0.2) is 199 Å². The third-order valence-electron chi connectivity index (χ3n) is 25.0. The number of aromatic nitrogens is 12. The van der Waals surface area contributed by atoms with Crippen LogP contribution in [0.15, 0.2) is 135 Å². The molecule has 0 unspecified atom stereocenters. The average molecular weight is 1670 g/mol. The number of amides is 5. The highest BCUT2D eigenvalue weighted by Gasteiger charge is 2.56. The summed E-state index contributed by atoms with van der Waals surface area (Å²) in [7, 11) is 4.82. The molecule has 616 valence electrons. The minimum Gasteiger partial charge on any atom is -0.383 e. The van der Waals surface area contributed by atoms with E-state index in [1.54, 1.807) is 21.3 Å². The van der Waals surface area contributed by atoms with Gasteiger partial charge in [-0.2, -0.15) is 30.6 Å². The molecular formula is C90H97Cl3N18O8. The summed E-state index contributed by atoms with van der Waals surface area (Å²) in [6.07, 6.45) is 14.3. The van der Waals surface area contributed by atoms with Gasteiger partial charge in [0, 0.05) is 191 Å². The zero-order valence-corrected chi connectivity index (χ0v) is 70.5. The zero-order valence-electron chi connectivity index (χ0n) is 68.2. The van der Waals surface area contributed by atoms with Gasteiger partial charge < -0.3 is 45.3 Å². The number of nitrogens with zero attached hydrogens (tertiary/aromatic N) is 11. The van der Waals surface area contributed by atoms with Gasteiger partial charge in [0.25, 0.3) is 17.7 Å². The van der Waals surface area contributed by atoms with Crippen LogP contribution in [0.1, 0.15) is 121 Å². The van der Waals surface area contributed by atoms with Crippen molar-refractivity contribution in [1.82, 2.24) is 91.0 Å². The van der Waals surface area contributed by atoms with Crippen LogP contribution >= 0.6 is 34.8 Å². The largest absolute Gasteiger partial charge is 0.383 e. The number of benzene rings is 6. The van der Waals surface area contributed by atoms with E-state index in [1.807, 2.05) is 140 Å². The van der Waals surface area contributed by atoms with Gasteiger partial charge in [0.1, 0.15) is 17.1 Å². The molecule has 29 heteroatoms. The number of hydrogen-bond acceptors (Lipinski definition) is 15. The van der Waals surface area contributed by atoms with Crippen LogP contribution in [0.5, 0.6) is 0 Å². The number of aromatic amines is 3. The number of carbonyl (C=O) groups is 5. The third kappa shape index (κ3) is 15.2. The number of hydrogen-bond donors (Lipinski definition) is 7. The van der Waals surface area contributed by atoms with Crippen LogP contribution in [0, 0.1) is 57.8 Å². The molecule has 26 nitrogen and oxygen atoms in total. The predicted molar refractivity (Wildman–Crippen MR) is 463 cm³/mol. The predicted octanol–water partition coefficient (Wildman–Crippen LogP) is 14.8. The first-order valence-corrected chi connectivity index (χ1v) is 41.4. The molecular weight excluding hydrogens is 1570 g/mol. The summed E-state index contributed by atoms with van der Waals surface area (Å²) in [5, 5.41) is 54.6. The van der Waals surface area contributed by atoms with E-state index < -0.39 is 0 Å². The molecule has 6 aromatic heterocycles. The fourth-order valence-corrected chi connectivity index (χ4v) is 19.4. The quantitative estimate of drug-likeness (QED) is 0.0231. The molecule has 9 heterocycles. The Labute approximate surface area is 704 Å². The Balaban J connectivity index is 0.000000133. The summed E-state index contributed by atoms with van der Waals surface area (Å²) < 4.78 is 21.5. The summed E-state index contributed by atoms with van der Waals surface area (Å²) in [6, 6.07) is 29.5. The normalized spacial score (nSPS) is 16.7. The first-order valence-electron chi connectivity index (χ1n) is 40.2. The van der Waals surface area contributed by atoms with Crippen LogP contribution in [0.2, 0.25) is 15.1 Å². The number of halogens is 3. The molecule has 0 bridgehead atoms. The van der Waals surface area contributed by atoms with Crippen molar-refractivity contribution in [3.05, 3.63) is 200 Å². The average Bonchev–Trinajstić information content (AvgIpc) is 1.68. The minimum absolute atomic E-state index is 0.00652. The van der Waals surface area contributed by atoms with Gasteiger partial charge in [0.15, 0.2) is 0 Å². The Morgan fingerprint density at radius 2 is 0.714 bits per heavy atom. The monoisotopic (exact) mass is 1660 g/mol. The van der Waals surface area contributed by atoms with Crippen molar-refractivity contribution in [3.8, 4) is 67.2 Å². The maximum atomic E-state index is 12.6. The molecule has 119 heavy (non-hydrogen) atoms. The maximum absolute atomic E-state index is 12.6. The Morgan fingerprint density at radius 3 is 0.966 bits per heavy atom. The highest BCUT2D eigenvalue weighted by Crippen LogP contribution is 2.58. The van der Waals surface area contributed by atoms with E-state index >= 15 is 0 Å². The van der Waals surface area contributed by atoms with Crippen LogP contribution in [0.25, 0.3) is 99.9 Å². The van der Waals surface area contributed by atoms with Gasteiger partial charge in [0.2, 0.25) is 11.8 Å². The lowest BCUT2D eigenvalue weighted by Gasteiger charge is -2.58. The Bertz CT molecular complexity index is 5690. The number of aryl methyl sites for hydroxylation is 3. The van der Waals surface area contributed by atoms with Crippen molar-refractivity contribution >= 4 is 97.0 Å². The Morgan fingerprint density at radius 1 is 0.437 bits per heavy atom. The van der Waals surface area contributed by atoms with Crippen molar-refractivity contribution in [2.24, 2.45) is 16.2 Å². The van der Waals surface area contributed by atoms with Gasteiger partial charge >= 0.3 is 0 Å². The summed E-state index contributed by atoms with van der Waals surface area (Å²) in [4.78, 5) is 65.4. The summed E-state index contributed by atoms with van der Waals surface area (Å²) in [5.74, 6) is -0.439. The zero-order chi connectivity index (χ0) is 83.5. The van der Waals surface area contributed by atoms with Crippen LogP contribution in [0.3, 0.4) is 0 Å². The molecule has 6 fully saturated rings. The molecule has 3 saturated heterocycles. The Hall–Kier alpha value is -11.1. The van der Waals surface area contributed by atoms with Crippen LogP contribution in [-0.2, 0) is 23.8 Å². The van der Waals surface area contributed by atoms with Crippen molar-refractivity contribution in [3.63, 3.8) is 0 Å². The second kappa shape index (κ2) is 33.2. The van der Waals surface area contributed by atoms with E-state index in [2.05, 4.69) is 99.8 Å². The first-order chi connectivity index (χ1) is 57.4. The number of ether oxygens (including phenoxy) is 3. The molecule has 5 amide bonds. The minimum atomic E-state index is -0.151. The number of methoxy groups -OCH3 is 3. The van der Waals surface area contributed by atoms with E-state index in [1.165, 1.54) is 12.2 Å². The van der Waals surface area contributed by atoms with Gasteiger partial charge in [-0.3, -0.25) is 53.3 Å². The molecule has 3 saturated carbocycles. The molecule has 0 atom stereocenters. The smallest absolute Gasteiger partial charge is 0.251 e. The molecule has 12 aromatic rings. The molecule has 6 aromatic carbocycles. The van der Waals surface area contributed by atoms with E-state index in [-0.39, 0.29) is 52.4 Å². The van der Waals surface area contributed by atoms with Gasteiger partial charge in [0.05, 0.1) is 88.2 Å². The summed E-state index contributed by atoms with van der Waals surface area (Å²) in [5.41, 5.74) is 22.1. The van der Waals surface area contributed by atoms with Crippen molar-refractivity contribution in [2.45, 2.75) is 98.2 Å². The molecule has 0 radical (unpaired) electrons. The molecule has 3 aliphatic carbocycles. The molecule has 3 aliphatic heterocycles. The summed E-state index contributed by atoms with van der Waals surface area (Å²) >= 11 is 21.0. The maximum Gasteiger partial charge on any atom is 0.251 e. The third-order valence-corrected chi connectivity index (χ3v) is 26.4. The molecule has 18 rings (SSSR count). The van der Waals surface area contributed by atoms with Gasteiger partial charge in [-0.15, -0.1) is 0 Å². The second-order valence-corrected chi connectivity index (χ2v) is 34.1. The standard InChI is InChI=1S/2C31H33ClN6O3.C28H31ClN6O2/c2*1-5-25(39)37-16-31(17-37)13-22(14-31)38-19(3)26(27-23-15-34-35-24(23)12-18(2)28(27)32)29(36-38)20-6-8-21(9-7-20)30(40)33-10-11-41-4;1-16-10-22-21(13-32-33-22)24(25(16)29)23-17(2)35(20-11-28(12-20)14-30-15-28)34-26(23)18-4-6-19(7-5-18)27(36)31-8-9-37-3/h2*5-9,12,15,22H,1,10-11,13-14,16-17H2,2-4H3,(H,33,40)(H,34,35);4-7,10,13,20,30H,8-9,11-12,14-15H2,1-3H3,(H,31,36)(H,32,33). The lowest BCUT2D eigenvalue weighted by molar-refractivity contribution is -0.149. The van der Waals surface area contributed by atoms with Gasteiger partial charge in [-0.25, -0.2) is 0 Å². The van der Waals surface area contributed by atoms with Crippen molar-refractivity contribution < 1.29 is 38.2 Å². The van der Waals surface area contributed by atoms with E-state index in [0.717, 1.165) is 211 Å². The Kier molecular flexibility index (Phi) is 22.8. The fraction of sp³-hybridized carbons (Fsp3) is 0.367. The number of carbonyl (C=O) groups excluding carboxylic acids is 5. The second-order valence-electron chi connectivity index (χ2n) is 33.0. The topological polar surface area (TPSA) is 307 Å². The van der Waals surface area contributed by atoms with Crippen molar-refractivity contribution in [2.75, 3.05) is 100 Å². The highest BCUT2D eigenvalue weighted by molar-refractivity contribution is 6.37. The molecule has 3 spiro atoms. The lowest BCUT2D eigenvalue weighted by atomic mass is 9.60. The van der Waals surface area contributed by atoms with E-state index in [4.69, 9.17) is 64.3 Å². The van der Waals surface area contributed by atoms with E-state index in [9.17, 15) is 24.0 Å². The van der Waals surface area contributed by atoms with E-state index in [0.29, 0.717) is 82.7 Å². The van der Waals surface area contributed by atoms with Gasteiger partial charge in [-0.1, -0.05) is 84.4 Å². The lowest BCUT2D eigenvalue weighted by Crippen LogP contribution is -2.63. The van der Waals surface area contributed by atoms with Gasteiger partial charge in [-0.05, 0) is 169 Å². The summed E-state index contributed by atoms with van der Waals surface area (Å²) in [6.45, 7) is 27.5. The number of fused-ring (bicyclic) bond motifs is 3. The number of rotatable bonds is 23. The number of H-pyrrole nitrogens is 3. The highest BCUT2D eigenvalue weighted by atomic mass is 35.5.